The van der Waals surface area contributed by atoms with Gasteiger partial charge in [-0.2, -0.15) is 12.6 Å². The second-order valence-corrected chi connectivity index (χ2v) is 6.41. The minimum atomic E-state index is -1.09. The van der Waals surface area contributed by atoms with Gasteiger partial charge >= 0.3 is 5.97 Å². The predicted molar refractivity (Wildman–Crippen MR) is 87.6 cm³/mol. The van der Waals surface area contributed by atoms with Crippen molar-refractivity contribution >= 4 is 30.4 Å². The molecule has 128 valence electrons. The number of carbonyl (C=O) groups is 3. The molecule has 0 aromatic heterocycles. The van der Waals surface area contributed by atoms with Crippen molar-refractivity contribution in [2.45, 2.75) is 52.2 Å². The van der Waals surface area contributed by atoms with E-state index in [9.17, 15) is 14.4 Å². The lowest BCUT2D eigenvalue weighted by Crippen LogP contribution is -2.56. The lowest BCUT2D eigenvalue weighted by Gasteiger charge is -2.25. The molecule has 0 rings (SSSR count). The molecule has 0 fully saturated rings. The smallest absolute Gasteiger partial charge is 0.326 e. The number of hydrogen-bond donors (Lipinski definition) is 5. The summed E-state index contributed by atoms with van der Waals surface area (Å²) in [6, 6.07) is -2.64. The third-order valence-electron chi connectivity index (χ3n) is 3.10. The molecule has 2 amide bonds. The van der Waals surface area contributed by atoms with E-state index in [1.165, 1.54) is 0 Å². The van der Waals surface area contributed by atoms with Gasteiger partial charge < -0.3 is 21.5 Å². The van der Waals surface area contributed by atoms with Crippen LogP contribution in [0.4, 0.5) is 0 Å². The van der Waals surface area contributed by atoms with E-state index in [1.807, 2.05) is 13.8 Å². The van der Waals surface area contributed by atoms with Crippen LogP contribution in [0.25, 0.3) is 0 Å². The number of carbonyl (C=O) groups excluding carboxylic acids is 2. The van der Waals surface area contributed by atoms with E-state index < -0.39 is 35.9 Å². The first-order valence-electron chi connectivity index (χ1n) is 7.30. The van der Waals surface area contributed by atoms with Crippen molar-refractivity contribution in [3.63, 3.8) is 0 Å². The van der Waals surface area contributed by atoms with Crippen LogP contribution >= 0.6 is 12.6 Å². The van der Waals surface area contributed by atoms with Gasteiger partial charge in [-0.25, -0.2) is 4.79 Å². The zero-order valence-electron chi connectivity index (χ0n) is 13.5. The summed E-state index contributed by atoms with van der Waals surface area (Å²) in [5, 5.41) is 14.2. The summed E-state index contributed by atoms with van der Waals surface area (Å²) in [5.41, 5.74) is 5.57. The average molecular weight is 333 g/mol. The van der Waals surface area contributed by atoms with Gasteiger partial charge in [0.15, 0.2) is 0 Å². The lowest BCUT2D eigenvalue weighted by atomic mass is 10.00. The second-order valence-electron chi connectivity index (χ2n) is 6.05. The number of carboxylic acid groups (broad SMARTS) is 1. The van der Waals surface area contributed by atoms with Crippen molar-refractivity contribution < 1.29 is 19.5 Å². The van der Waals surface area contributed by atoms with Crippen LogP contribution < -0.4 is 16.4 Å². The maximum Gasteiger partial charge on any atom is 0.326 e. The van der Waals surface area contributed by atoms with Crippen molar-refractivity contribution in [2.75, 3.05) is 5.75 Å². The van der Waals surface area contributed by atoms with Crippen molar-refractivity contribution in [2.24, 2.45) is 17.6 Å². The summed E-state index contributed by atoms with van der Waals surface area (Å²) < 4.78 is 0. The van der Waals surface area contributed by atoms with Crippen LogP contribution in [0.15, 0.2) is 0 Å². The highest BCUT2D eigenvalue weighted by Gasteiger charge is 2.29. The Labute approximate surface area is 136 Å². The van der Waals surface area contributed by atoms with E-state index in [4.69, 9.17) is 10.8 Å². The minimum Gasteiger partial charge on any atom is -0.480 e. The summed E-state index contributed by atoms with van der Waals surface area (Å²) in [5.74, 6) is -2.04. The highest BCUT2D eigenvalue weighted by Crippen LogP contribution is 2.08. The molecule has 0 bridgehead atoms. The molecule has 0 heterocycles. The molecule has 0 aliphatic rings. The molecule has 3 unspecified atom stereocenters. The number of hydrogen-bond acceptors (Lipinski definition) is 5. The van der Waals surface area contributed by atoms with Gasteiger partial charge in [-0.1, -0.05) is 27.7 Å². The summed E-state index contributed by atoms with van der Waals surface area (Å²) >= 11 is 3.94. The molecule has 0 aliphatic carbocycles. The third kappa shape index (κ3) is 7.13. The van der Waals surface area contributed by atoms with E-state index in [-0.39, 0.29) is 17.6 Å². The maximum absolute atomic E-state index is 12.3. The minimum absolute atomic E-state index is 0.117. The first kappa shape index (κ1) is 20.7. The van der Waals surface area contributed by atoms with E-state index in [1.54, 1.807) is 13.8 Å². The number of amides is 2. The monoisotopic (exact) mass is 333 g/mol. The third-order valence-corrected chi connectivity index (χ3v) is 3.50. The number of nitrogens with one attached hydrogen (secondary N) is 2. The summed E-state index contributed by atoms with van der Waals surface area (Å²) in [7, 11) is 0. The summed E-state index contributed by atoms with van der Waals surface area (Å²) in [6.45, 7) is 7.26. The Morgan fingerprint density at radius 3 is 2.00 bits per heavy atom. The van der Waals surface area contributed by atoms with Gasteiger partial charge in [0.05, 0.1) is 6.04 Å². The molecule has 0 radical (unpaired) electrons. The summed E-state index contributed by atoms with van der Waals surface area (Å²) in [6.07, 6.45) is 0.315. The van der Waals surface area contributed by atoms with Crippen LogP contribution in [0.1, 0.15) is 34.1 Å². The number of thiol groups is 1. The lowest BCUT2D eigenvalue weighted by molar-refractivity contribution is -0.143. The van der Waals surface area contributed by atoms with Gasteiger partial charge in [0, 0.05) is 5.75 Å². The van der Waals surface area contributed by atoms with Gasteiger partial charge in [-0.05, 0) is 18.3 Å². The Morgan fingerprint density at radius 1 is 1.09 bits per heavy atom. The van der Waals surface area contributed by atoms with Crippen LogP contribution in [0, 0.1) is 11.8 Å². The fourth-order valence-electron chi connectivity index (χ4n) is 1.83. The van der Waals surface area contributed by atoms with Crippen molar-refractivity contribution in [1.82, 2.24) is 10.6 Å². The standard InChI is InChI=1S/C14H27N3O4S/c1-7(2)5-10(14(20)21)16-13(19)11(8(3)4)17-12(18)9(15)6-22/h7-11,22H,5-6,15H2,1-4H3,(H,16,19)(H,17,18)(H,20,21). The molecule has 5 N–H and O–H groups in total. The van der Waals surface area contributed by atoms with Crippen molar-refractivity contribution in [3.05, 3.63) is 0 Å². The predicted octanol–water partition coefficient (Wildman–Crippen LogP) is -0.000200. The molecule has 8 heteroatoms. The maximum atomic E-state index is 12.3. The molecule has 22 heavy (non-hydrogen) atoms. The highest BCUT2D eigenvalue weighted by atomic mass is 32.1. The first-order chi connectivity index (χ1) is 10.1. The number of nitrogens with two attached hydrogens (primary N) is 1. The highest BCUT2D eigenvalue weighted by molar-refractivity contribution is 7.80. The second kappa shape index (κ2) is 9.68. The SMILES string of the molecule is CC(C)CC(NC(=O)C(NC(=O)C(N)CS)C(C)C)C(=O)O. The van der Waals surface area contributed by atoms with Crippen LogP contribution in [-0.4, -0.2) is 46.8 Å². The van der Waals surface area contributed by atoms with Crippen molar-refractivity contribution in [1.29, 1.82) is 0 Å². The zero-order chi connectivity index (χ0) is 17.4. The molecule has 0 aromatic carbocycles. The fraction of sp³-hybridized carbons (Fsp3) is 0.786. The van der Waals surface area contributed by atoms with Gasteiger partial charge in [0.25, 0.3) is 0 Å². The Morgan fingerprint density at radius 2 is 1.64 bits per heavy atom. The topological polar surface area (TPSA) is 122 Å². The molecular formula is C14H27N3O4S. The molecule has 7 nitrogen and oxygen atoms in total. The Bertz CT molecular complexity index is 402. The molecule has 0 saturated carbocycles. The van der Waals surface area contributed by atoms with E-state index >= 15 is 0 Å². The quantitative estimate of drug-likeness (QED) is 0.380. The fourth-order valence-corrected chi connectivity index (χ4v) is 2.00. The van der Waals surface area contributed by atoms with E-state index in [2.05, 4.69) is 23.3 Å². The van der Waals surface area contributed by atoms with Crippen LogP contribution in [-0.2, 0) is 14.4 Å². The van der Waals surface area contributed by atoms with Gasteiger partial charge in [-0.3, -0.25) is 9.59 Å². The number of carboxylic acids is 1. The number of rotatable bonds is 9. The molecule has 0 spiro atoms. The van der Waals surface area contributed by atoms with Crippen molar-refractivity contribution in [3.8, 4) is 0 Å². The zero-order valence-corrected chi connectivity index (χ0v) is 14.4. The van der Waals surface area contributed by atoms with Crippen LogP contribution in [0.5, 0.6) is 0 Å². The first-order valence-corrected chi connectivity index (χ1v) is 7.93. The Hall–Kier alpha value is -1.28. The van der Waals surface area contributed by atoms with Gasteiger partial charge in [-0.15, -0.1) is 0 Å². The molecule has 0 aliphatic heterocycles. The van der Waals surface area contributed by atoms with Gasteiger partial charge in [0.1, 0.15) is 12.1 Å². The number of aliphatic carboxylic acids is 1. The molecule has 0 aromatic rings. The molecule has 0 saturated heterocycles. The Balaban J connectivity index is 4.91. The van der Waals surface area contributed by atoms with Gasteiger partial charge in [0.2, 0.25) is 11.8 Å². The molecular weight excluding hydrogens is 306 g/mol. The molecule has 3 atom stereocenters. The summed E-state index contributed by atoms with van der Waals surface area (Å²) in [4.78, 5) is 35.3. The van der Waals surface area contributed by atoms with Crippen LogP contribution in [0.2, 0.25) is 0 Å². The normalized spacial score (nSPS) is 15.3. The Kier molecular flexibility index (Phi) is 9.12. The van der Waals surface area contributed by atoms with E-state index in [0.717, 1.165) is 0 Å². The average Bonchev–Trinajstić information content (AvgIpc) is 2.41. The largest absolute Gasteiger partial charge is 0.480 e. The van der Waals surface area contributed by atoms with Crippen LogP contribution in [0.3, 0.4) is 0 Å². The van der Waals surface area contributed by atoms with E-state index in [0.29, 0.717) is 6.42 Å².